The molecule has 29 heavy (non-hydrogen) atoms. The molecule has 0 radical (unpaired) electrons. The maximum Gasteiger partial charge on any atom is 0.410 e. The number of rotatable bonds is 4. The molecule has 0 aromatic carbocycles. The van der Waals surface area contributed by atoms with Crippen LogP contribution in [0.5, 0.6) is 0 Å². The van der Waals surface area contributed by atoms with Crippen LogP contribution in [0.4, 0.5) is 27.8 Å². The second-order valence-corrected chi connectivity index (χ2v) is 7.61. The summed E-state index contributed by atoms with van der Waals surface area (Å²) < 4.78 is 5.41. The Kier molecular flexibility index (Phi) is 5.81. The predicted octanol–water partition coefficient (Wildman–Crippen LogP) is 3.19. The number of carbonyl (C=O) groups is 1. The van der Waals surface area contributed by atoms with Crippen LogP contribution in [0.2, 0.25) is 0 Å². The lowest BCUT2D eigenvalue weighted by Crippen LogP contribution is -2.50. The number of hydrogen-bond donors (Lipinski definition) is 1. The number of piperazine rings is 1. The molecular weight excluding hydrogens is 376 g/mol. The van der Waals surface area contributed by atoms with E-state index in [1.54, 1.807) is 35.5 Å². The minimum absolute atomic E-state index is 0.113. The number of anilines is 3. The third-order valence-electron chi connectivity index (χ3n) is 4.25. The van der Waals surface area contributed by atoms with Crippen molar-refractivity contribution in [2.45, 2.75) is 26.4 Å². The Balaban J connectivity index is 1.72. The number of nitrogens with one attached hydrogen (secondary N) is 1. The van der Waals surface area contributed by atoms with E-state index in [-0.39, 0.29) is 17.6 Å². The van der Waals surface area contributed by atoms with E-state index in [0.717, 1.165) is 0 Å². The van der Waals surface area contributed by atoms with E-state index in [9.17, 15) is 14.9 Å². The minimum Gasteiger partial charge on any atom is -0.444 e. The van der Waals surface area contributed by atoms with Gasteiger partial charge in [0.1, 0.15) is 11.4 Å². The van der Waals surface area contributed by atoms with Gasteiger partial charge in [-0.2, -0.15) is 0 Å². The molecule has 0 aliphatic carbocycles. The van der Waals surface area contributed by atoms with Gasteiger partial charge in [0, 0.05) is 50.3 Å². The zero-order valence-electron chi connectivity index (χ0n) is 16.7. The first-order valence-corrected chi connectivity index (χ1v) is 9.28. The molecule has 1 amide bonds. The summed E-state index contributed by atoms with van der Waals surface area (Å²) in [5, 5.41) is 14.4. The number of hydrogen-bond acceptors (Lipinski definition) is 8. The second-order valence-electron chi connectivity index (χ2n) is 7.61. The fraction of sp³-hybridized carbons (Fsp3) is 0.421. The van der Waals surface area contributed by atoms with Crippen molar-refractivity contribution in [3.8, 4) is 0 Å². The number of pyridine rings is 2. The molecule has 0 saturated carbocycles. The Morgan fingerprint density at radius 2 is 1.79 bits per heavy atom. The Morgan fingerprint density at radius 3 is 2.38 bits per heavy atom. The van der Waals surface area contributed by atoms with Gasteiger partial charge >= 0.3 is 11.8 Å². The second kappa shape index (κ2) is 8.29. The van der Waals surface area contributed by atoms with Crippen molar-refractivity contribution in [2.75, 3.05) is 36.4 Å². The van der Waals surface area contributed by atoms with Gasteiger partial charge < -0.3 is 19.9 Å². The van der Waals surface area contributed by atoms with Crippen LogP contribution in [-0.2, 0) is 4.74 Å². The number of nitro groups is 1. The third kappa shape index (κ3) is 5.31. The molecule has 0 unspecified atom stereocenters. The fourth-order valence-electron chi connectivity index (χ4n) is 2.87. The average Bonchev–Trinajstić information content (AvgIpc) is 2.67. The van der Waals surface area contributed by atoms with E-state index in [2.05, 4.69) is 15.3 Å². The maximum atomic E-state index is 12.2. The molecule has 154 valence electrons. The summed E-state index contributed by atoms with van der Waals surface area (Å²) in [6.45, 7) is 7.58. The SMILES string of the molecule is CC(C)(C)OC(=O)N1CCN(c2ccc([N+](=O)[O-])c(Nc3ccncc3)n2)CC1. The van der Waals surface area contributed by atoms with E-state index in [1.807, 2.05) is 25.7 Å². The lowest BCUT2D eigenvalue weighted by atomic mass is 10.2. The first kappa shape index (κ1) is 20.3. The summed E-state index contributed by atoms with van der Waals surface area (Å²) >= 11 is 0. The zero-order chi connectivity index (χ0) is 21.0. The molecule has 0 spiro atoms. The van der Waals surface area contributed by atoms with Gasteiger partial charge in [0.15, 0.2) is 0 Å². The molecule has 10 heteroatoms. The van der Waals surface area contributed by atoms with E-state index in [0.29, 0.717) is 37.7 Å². The zero-order valence-corrected chi connectivity index (χ0v) is 16.7. The van der Waals surface area contributed by atoms with Gasteiger partial charge in [0.25, 0.3) is 0 Å². The molecule has 2 aromatic heterocycles. The number of carbonyl (C=O) groups excluding carboxylic acids is 1. The molecule has 0 atom stereocenters. The van der Waals surface area contributed by atoms with E-state index >= 15 is 0 Å². The molecule has 3 rings (SSSR count). The third-order valence-corrected chi connectivity index (χ3v) is 4.25. The molecule has 1 aliphatic heterocycles. The van der Waals surface area contributed by atoms with Crippen molar-refractivity contribution in [2.24, 2.45) is 0 Å². The quantitative estimate of drug-likeness (QED) is 0.615. The van der Waals surface area contributed by atoms with Crippen LogP contribution in [0, 0.1) is 10.1 Å². The number of ether oxygens (including phenoxy) is 1. The Hall–Kier alpha value is -3.43. The molecule has 1 fully saturated rings. The molecular formula is C19H24N6O4. The standard InChI is InChI=1S/C19H24N6O4/c1-19(2,3)29-18(26)24-12-10-23(11-13-24)16-5-4-15(25(27)28)17(22-16)21-14-6-8-20-9-7-14/h4-9H,10-13H2,1-3H3,(H,20,21,22). The van der Waals surface area contributed by atoms with Crippen molar-refractivity contribution in [1.29, 1.82) is 0 Å². The average molecular weight is 400 g/mol. The molecule has 0 bridgehead atoms. The first-order valence-electron chi connectivity index (χ1n) is 9.28. The number of nitrogens with zero attached hydrogens (tertiary/aromatic N) is 5. The van der Waals surface area contributed by atoms with Crippen LogP contribution in [0.1, 0.15) is 20.8 Å². The van der Waals surface area contributed by atoms with E-state index in [4.69, 9.17) is 4.74 Å². The van der Waals surface area contributed by atoms with Crippen molar-refractivity contribution in [3.05, 3.63) is 46.8 Å². The van der Waals surface area contributed by atoms with E-state index in [1.165, 1.54) is 6.07 Å². The highest BCUT2D eigenvalue weighted by molar-refractivity contribution is 5.69. The van der Waals surface area contributed by atoms with Crippen LogP contribution in [0.25, 0.3) is 0 Å². The summed E-state index contributed by atoms with van der Waals surface area (Å²) in [6, 6.07) is 6.47. The molecule has 1 aliphatic rings. The van der Waals surface area contributed by atoms with Gasteiger partial charge in [-0.1, -0.05) is 0 Å². The number of amides is 1. The van der Waals surface area contributed by atoms with E-state index < -0.39 is 10.5 Å². The maximum absolute atomic E-state index is 12.2. The van der Waals surface area contributed by atoms with Crippen LogP contribution < -0.4 is 10.2 Å². The largest absolute Gasteiger partial charge is 0.444 e. The Labute approximate surface area is 168 Å². The van der Waals surface area contributed by atoms with Gasteiger partial charge in [-0.05, 0) is 39.0 Å². The lowest BCUT2D eigenvalue weighted by Gasteiger charge is -2.36. The predicted molar refractivity (Wildman–Crippen MR) is 108 cm³/mol. The summed E-state index contributed by atoms with van der Waals surface area (Å²) in [5.74, 6) is 0.768. The molecule has 1 N–H and O–H groups in total. The first-order chi connectivity index (χ1) is 13.7. The van der Waals surface area contributed by atoms with Crippen LogP contribution in [0.15, 0.2) is 36.7 Å². The lowest BCUT2D eigenvalue weighted by molar-refractivity contribution is -0.384. The van der Waals surface area contributed by atoms with Gasteiger partial charge in [0.2, 0.25) is 5.82 Å². The summed E-state index contributed by atoms with van der Waals surface area (Å²) in [7, 11) is 0. The smallest absolute Gasteiger partial charge is 0.410 e. The number of aromatic nitrogens is 2. The summed E-state index contributed by atoms with van der Waals surface area (Å²) in [6.07, 6.45) is 2.84. The monoisotopic (exact) mass is 400 g/mol. The summed E-state index contributed by atoms with van der Waals surface area (Å²) in [5.41, 5.74) is 0.00207. The van der Waals surface area contributed by atoms with Crippen molar-refractivity contribution < 1.29 is 14.5 Å². The Morgan fingerprint density at radius 1 is 1.14 bits per heavy atom. The molecule has 10 nitrogen and oxygen atoms in total. The summed E-state index contributed by atoms with van der Waals surface area (Å²) in [4.78, 5) is 35.2. The van der Waals surface area contributed by atoms with Crippen LogP contribution in [-0.4, -0.2) is 57.7 Å². The normalized spacial score (nSPS) is 14.4. The molecule has 2 aromatic rings. The highest BCUT2D eigenvalue weighted by Gasteiger charge is 2.27. The van der Waals surface area contributed by atoms with Crippen molar-refractivity contribution >= 4 is 29.1 Å². The van der Waals surface area contributed by atoms with Crippen LogP contribution in [0.3, 0.4) is 0 Å². The Bertz CT molecular complexity index is 876. The highest BCUT2D eigenvalue weighted by atomic mass is 16.6. The minimum atomic E-state index is -0.540. The van der Waals surface area contributed by atoms with Crippen LogP contribution >= 0.6 is 0 Å². The van der Waals surface area contributed by atoms with Gasteiger partial charge in [-0.3, -0.25) is 15.1 Å². The highest BCUT2D eigenvalue weighted by Crippen LogP contribution is 2.28. The van der Waals surface area contributed by atoms with Crippen molar-refractivity contribution in [3.63, 3.8) is 0 Å². The fourth-order valence-corrected chi connectivity index (χ4v) is 2.87. The van der Waals surface area contributed by atoms with Crippen molar-refractivity contribution in [1.82, 2.24) is 14.9 Å². The molecule has 3 heterocycles. The van der Waals surface area contributed by atoms with Gasteiger partial charge in [-0.25, -0.2) is 9.78 Å². The topological polar surface area (TPSA) is 114 Å². The van der Waals surface area contributed by atoms with Gasteiger partial charge in [-0.15, -0.1) is 0 Å². The molecule has 1 saturated heterocycles. The van der Waals surface area contributed by atoms with Gasteiger partial charge in [0.05, 0.1) is 4.92 Å².